The summed E-state index contributed by atoms with van der Waals surface area (Å²) >= 11 is 0. The van der Waals surface area contributed by atoms with E-state index < -0.39 is 0 Å². The van der Waals surface area contributed by atoms with Crippen LogP contribution in [-0.4, -0.2) is 36.1 Å². The summed E-state index contributed by atoms with van der Waals surface area (Å²) < 4.78 is 0. The van der Waals surface area contributed by atoms with E-state index in [1.807, 2.05) is 0 Å². The molecule has 0 aromatic rings. The van der Waals surface area contributed by atoms with Gasteiger partial charge in [0.15, 0.2) is 0 Å². The van der Waals surface area contributed by atoms with Crippen LogP contribution in [0.4, 0.5) is 0 Å². The van der Waals surface area contributed by atoms with Crippen LogP contribution in [0.2, 0.25) is 0 Å². The van der Waals surface area contributed by atoms with Crippen molar-refractivity contribution in [2.75, 3.05) is 19.6 Å². The van der Waals surface area contributed by atoms with Gasteiger partial charge in [-0.25, -0.2) is 0 Å². The third-order valence-electron chi connectivity index (χ3n) is 4.05. The zero-order chi connectivity index (χ0) is 14.0. The predicted molar refractivity (Wildman–Crippen MR) is 81.0 cm³/mol. The lowest BCUT2D eigenvalue weighted by atomic mass is 9.80. The maximum absolute atomic E-state index is 3.70. The van der Waals surface area contributed by atoms with Crippen LogP contribution in [0, 0.1) is 11.3 Å². The molecule has 18 heavy (non-hydrogen) atoms. The van der Waals surface area contributed by atoms with Crippen LogP contribution in [0.1, 0.15) is 61.3 Å². The Hall–Kier alpha value is -0.0800. The molecule has 1 atom stereocenters. The number of nitrogens with zero attached hydrogens (tertiary/aromatic N) is 1. The molecule has 1 aliphatic heterocycles. The Morgan fingerprint density at radius 3 is 2.28 bits per heavy atom. The molecule has 0 saturated carbocycles. The largest absolute Gasteiger partial charge is 0.312 e. The Bertz CT molecular complexity index is 250. The monoisotopic (exact) mass is 254 g/mol. The zero-order valence-corrected chi connectivity index (χ0v) is 13.6. The molecule has 0 aromatic carbocycles. The van der Waals surface area contributed by atoms with Gasteiger partial charge < -0.3 is 5.32 Å². The summed E-state index contributed by atoms with van der Waals surface area (Å²) in [6.07, 6.45) is 2.53. The third kappa shape index (κ3) is 4.89. The highest BCUT2D eigenvalue weighted by Gasteiger charge is 2.33. The van der Waals surface area contributed by atoms with Gasteiger partial charge in [0.1, 0.15) is 0 Å². The van der Waals surface area contributed by atoms with Gasteiger partial charge in [-0.15, -0.1) is 0 Å². The summed E-state index contributed by atoms with van der Waals surface area (Å²) in [6.45, 7) is 20.2. The van der Waals surface area contributed by atoms with Crippen LogP contribution >= 0.6 is 0 Å². The van der Waals surface area contributed by atoms with Gasteiger partial charge in [0.2, 0.25) is 0 Å². The van der Waals surface area contributed by atoms with Gasteiger partial charge in [0.25, 0.3) is 0 Å². The molecule has 1 fully saturated rings. The first-order valence-electron chi connectivity index (χ1n) is 7.60. The van der Waals surface area contributed by atoms with Gasteiger partial charge in [-0.05, 0) is 51.1 Å². The lowest BCUT2D eigenvalue weighted by Crippen LogP contribution is -2.51. The van der Waals surface area contributed by atoms with Gasteiger partial charge in [-0.1, -0.05) is 34.6 Å². The fourth-order valence-corrected chi connectivity index (χ4v) is 3.36. The second kappa shape index (κ2) is 5.92. The first kappa shape index (κ1) is 16.0. The molecule has 2 heteroatoms. The molecule has 2 nitrogen and oxygen atoms in total. The molecule has 0 aliphatic carbocycles. The molecule has 1 unspecified atom stereocenters. The average molecular weight is 254 g/mol. The summed E-state index contributed by atoms with van der Waals surface area (Å²) in [5.74, 6) is 0.719. The van der Waals surface area contributed by atoms with E-state index in [9.17, 15) is 0 Å². The number of hydrogen-bond acceptors (Lipinski definition) is 2. The second-order valence-electron chi connectivity index (χ2n) is 8.15. The van der Waals surface area contributed by atoms with Crippen molar-refractivity contribution in [3.05, 3.63) is 0 Å². The molecule has 0 spiro atoms. The lowest BCUT2D eigenvalue weighted by Gasteiger charge is -2.43. The second-order valence-corrected chi connectivity index (χ2v) is 8.15. The van der Waals surface area contributed by atoms with Crippen molar-refractivity contribution in [2.45, 2.75) is 72.9 Å². The summed E-state index contributed by atoms with van der Waals surface area (Å²) in [5, 5.41) is 3.70. The molecule has 1 heterocycles. The van der Waals surface area contributed by atoms with E-state index in [0.29, 0.717) is 17.0 Å². The van der Waals surface area contributed by atoms with Gasteiger partial charge >= 0.3 is 0 Å². The highest BCUT2D eigenvalue weighted by molar-refractivity contribution is 4.90. The first-order chi connectivity index (χ1) is 8.12. The number of hydrogen-bond donors (Lipinski definition) is 1. The molecule has 0 aromatic heterocycles. The standard InChI is InChI=1S/C16H34N2/c1-13(2)14-11-18(10-8-9-17-14)16(6,7)12-15(3,4)5/h13-14,17H,8-12H2,1-7H3. The highest BCUT2D eigenvalue weighted by Crippen LogP contribution is 2.32. The van der Waals surface area contributed by atoms with Crippen molar-refractivity contribution >= 4 is 0 Å². The molecular weight excluding hydrogens is 220 g/mol. The SMILES string of the molecule is CC(C)C1CN(C(C)(C)CC(C)(C)C)CCCN1. The van der Waals surface area contributed by atoms with Gasteiger partial charge in [-0.3, -0.25) is 4.90 Å². The first-order valence-corrected chi connectivity index (χ1v) is 7.60. The minimum absolute atomic E-state index is 0.303. The smallest absolute Gasteiger partial charge is 0.0218 e. The Balaban J connectivity index is 2.72. The van der Waals surface area contributed by atoms with Crippen molar-refractivity contribution in [3.63, 3.8) is 0 Å². The zero-order valence-electron chi connectivity index (χ0n) is 13.6. The minimum Gasteiger partial charge on any atom is -0.312 e. The summed E-state index contributed by atoms with van der Waals surface area (Å²) in [4.78, 5) is 2.71. The molecule has 1 rings (SSSR count). The van der Waals surface area contributed by atoms with E-state index in [1.165, 1.54) is 32.5 Å². The number of rotatable bonds is 3. The summed E-state index contributed by atoms with van der Waals surface area (Å²) in [6, 6.07) is 0.645. The van der Waals surface area contributed by atoms with Crippen molar-refractivity contribution in [1.82, 2.24) is 10.2 Å². The van der Waals surface area contributed by atoms with Gasteiger partial charge in [0.05, 0.1) is 0 Å². The molecule has 1 saturated heterocycles. The maximum Gasteiger partial charge on any atom is 0.0218 e. The topological polar surface area (TPSA) is 15.3 Å². The maximum atomic E-state index is 3.70. The van der Waals surface area contributed by atoms with E-state index in [2.05, 4.69) is 58.7 Å². The van der Waals surface area contributed by atoms with Crippen molar-refractivity contribution in [3.8, 4) is 0 Å². The Morgan fingerprint density at radius 2 is 1.78 bits per heavy atom. The van der Waals surface area contributed by atoms with E-state index in [4.69, 9.17) is 0 Å². The molecule has 0 amide bonds. The fourth-order valence-electron chi connectivity index (χ4n) is 3.36. The van der Waals surface area contributed by atoms with Crippen LogP contribution in [-0.2, 0) is 0 Å². The predicted octanol–water partition coefficient (Wildman–Crippen LogP) is 3.52. The van der Waals surface area contributed by atoms with Crippen LogP contribution in [0.25, 0.3) is 0 Å². The van der Waals surface area contributed by atoms with Crippen LogP contribution in [0.15, 0.2) is 0 Å². The van der Waals surface area contributed by atoms with E-state index in [0.717, 1.165) is 5.92 Å². The van der Waals surface area contributed by atoms with E-state index in [1.54, 1.807) is 0 Å². The van der Waals surface area contributed by atoms with Crippen molar-refractivity contribution < 1.29 is 0 Å². The Labute approximate surface area is 115 Å². The van der Waals surface area contributed by atoms with Crippen molar-refractivity contribution in [2.24, 2.45) is 11.3 Å². The molecule has 1 N–H and O–H groups in total. The van der Waals surface area contributed by atoms with Crippen LogP contribution in [0.5, 0.6) is 0 Å². The minimum atomic E-state index is 0.303. The number of nitrogens with one attached hydrogen (secondary N) is 1. The van der Waals surface area contributed by atoms with Crippen molar-refractivity contribution in [1.29, 1.82) is 0 Å². The molecule has 0 radical (unpaired) electrons. The van der Waals surface area contributed by atoms with Crippen LogP contribution < -0.4 is 5.32 Å². The summed E-state index contributed by atoms with van der Waals surface area (Å²) in [5.41, 5.74) is 0.702. The Morgan fingerprint density at radius 1 is 1.17 bits per heavy atom. The van der Waals surface area contributed by atoms with Gasteiger partial charge in [0, 0.05) is 18.1 Å². The lowest BCUT2D eigenvalue weighted by molar-refractivity contribution is 0.0709. The van der Waals surface area contributed by atoms with Gasteiger partial charge in [-0.2, -0.15) is 0 Å². The molecular formula is C16H34N2. The van der Waals surface area contributed by atoms with Crippen LogP contribution in [0.3, 0.4) is 0 Å². The fraction of sp³-hybridized carbons (Fsp3) is 1.00. The quantitative estimate of drug-likeness (QED) is 0.829. The van der Waals surface area contributed by atoms with E-state index in [-0.39, 0.29) is 0 Å². The normalized spacial score (nSPS) is 24.3. The highest BCUT2D eigenvalue weighted by atomic mass is 15.2. The average Bonchev–Trinajstić information content (AvgIpc) is 2.38. The Kier molecular flexibility index (Phi) is 5.25. The van der Waals surface area contributed by atoms with E-state index >= 15 is 0 Å². The summed E-state index contributed by atoms with van der Waals surface area (Å²) in [7, 11) is 0. The molecule has 0 bridgehead atoms. The molecule has 108 valence electrons. The molecule has 1 aliphatic rings. The third-order valence-corrected chi connectivity index (χ3v) is 4.05.